The van der Waals surface area contributed by atoms with Gasteiger partial charge in [-0.1, -0.05) is 64.4 Å². The third kappa shape index (κ3) is 11.0. The van der Waals surface area contributed by atoms with E-state index >= 15 is 8.78 Å². The lowest BCUT2D eigenvalue weighted by Crippen LogP contribution is -2.54. The standard InChI is InChI=1S/C38H40ClF3N6O3S.C8H15N.C2H6/c1-9-10-23(51-46-22(5)38(6,7)42)11-14-29(49)48-16-15-47(19-21(48)4)36-25-17-27(39)31(32(41)33(25)44-37(45-36)50-8)24-12-13-28(40)35-30(24)26(18-43)34(52-35)20(2)3;1-7-5-8-3-2-4-9(8)6-7;1-2/h10-14,17,20-21H,9,15-16,19H2,1-8H3;7-8H,2-6H2,1H3;1-2H3/b14-11+,23-10+,46-22+;;/t;7-,8?;/m.1./s1. The highest BCUT2D eigenvalue weighted by Gasteiger charge is 2.33. The molecule has 15 heteroatoms. The van der Waals surface area contributed by atoms with E-state index in [1.54, 1.807) is 17.0 Å². The minimum atomic E-state index is -1.65. The zero-order valence-corrected chi connectivity index (χ0v) is 40.0. The highest BCUT2D eigenvalue weighted by Crippen LogP contribution is 2.46. The first-order valence-electron chi connectivity index (χ1n) is 21.9. The number of anilines is 1. The molecule has 0 bridgehead atoms. The number of nitriles is 1. The van der Waals surface area contributed by atoms with Crippen molar-refractivity contribution in [1.29, 1.82) is 5.26 Å². The highest BCUT2D eigenvalue weighted by atomic mass is 35.5. The quantitative estimate of drug-likeness (QED) is 0.0509. The Morgan fingerprint density at radius 2 is 1.87 bits per heavy atom. The molecule has 3 saturated heterocycles. The molecule has 0 aliphatic carbocycles. The number of hydrogen-bond acceptors (Lipinski definition) is 10. The van der Waals surface area contributed by atoms with E-state index in [1.165, 1.54) is 95.9 Å². The number of aromatic nitrogens is 2. The van der Waals surface area contributed by atoms with E-state index in [0.29, 0.717) is 53.3 Å². The second-order valence-corrected chi connectivity index (χ2v) is 18.4. The number of hydrogen-bond donors (Lipinski definition) is 0. The van der Waals surface area contributed by atoms with Crippen LogP contribution in [0.2, 0.25) is 5.02 Å². The number of nitrogens with zero attached hydrogens (tertiary/aromatic N) is 7. The Bertz CT molecular complexity index is 2410. The number of benzene rings is 2. The first-order chi connectivity index (χ1) is 30.0. The summed E-state index contributed by atoms with van der Waals surface area (Å²) in [5.41, 5.74) is -0.996. The fourth-order valence-corrected chi connectivity index (χ4v) is 9.77. The Kier molecular flexibility index (Phi) is 16.7. The van der Waals surface area contributed by atoms with Gasteiger partial charge in [-0.05, 0) is 102 Å². The Balaban J connectivity index is 0.000000591. The van der Waals surface area contributed by atoms with Crippen LogP contribution in [0.25, 0.3) is 32.1 Å². The SMILES string of the molecule is CC.CC/C=C(\C=C\C(=O)N1CCN(c2nc(OC)nc3c(F)c(-c4ccc(F)c5sc(C(C)C)c(C#N)c45)c(Cl)cc23)CC1C)O/N=C(\C)C(C)(C)F.C[C@@H]1CC2CCCN2C1. The number of carbonyl (C=O) groups excluding carboxylic acids is 1. The minimum absolute atomic E-state index is 0.0132. The van der Waals surface area contributed by atoms with Crippen LogP contribution in [0.3, 0.4) is 0 Å². The van der Waals surface area contributed by atoms with Crippen LogP contribution in [0, 0.1) is 28.9 Å². The van der Waals surface area contributed by atoms with E-state index < -0.39 is 17.3 Å². The van der Waals surface area contributed by atoms with Crippen molar-refractivity contribution in [1.82, 2.24) is 19.8 Å². The molecular formula is C48H61ClF3N7O3S. The molecule has 0 radical (unpaired) electrons. The Morgan fingerprint density at radius 3 is 2.49 bits per heavy atom. The molecule has 2 aromatic heterocycles. The Hall–Kier alpha value is -4.71. The maximum absolute atomic E-state index is 16.8. The van der Waals surface area contributed by atoms with Crippen molar-refractivity contribution in [2.24, 2.45) is 11.1 Å². The number of allylic oxidation sites excluding steroid dienone is 2. The normalized spacial score (nSPS) is 19.6. The zero-order valence-electron chi connectivity index (χ0n) is 38.4. The molecule has 10 nitrogen and oxygen atoms in total. The van der Waals surface area contributed by atoms with Crippen LogP contribution < -0.4 is 9.64 Å². The molecular weight excluding hydrogens is 847 g/mol. The summed E-state index contributed by atoms with van der Waals surface area (Å²) in [5.74, 6) is 0.0748. The number of alkyl halides is 1. The lowest BCUT2D eigenvalue weighted by Gasteiger charge is -2.40. The highest BCUT2D eigenvalue weighted by molar-refractivity contribution is 7.19. The average Bonchev–Trinajstić information content (AvgIpc) is 3.97. The predicted octanol–water partition coefficient (Wildman–Crippen LogP) is 12.0. The van der Waals surface area contributed by atoms with Gasteiger partial charge in [0.05, 0.1) is 28.1 Å². The van der Waals surface area contributed by atoms with Crippen LogP contribution in [0.15, 0.2) is 47.3 Å². The molecule has 2 unspecified atom stereocenters. The first-order valence-corrected chi connectivity index (χ1v) is 23.1. The summed E-state index contributed by atoms with van der Waals surface area (Å²) in [6.45, 7) is 22.0. The molecule has 3 atom stereocenters. The number of carbonyl (C=O) groups is 1. The maximum atomic E-state index is 16.8. The van der Waals surface area contributed by atoms with E-state index in [-0.39, 0.29) is 61.5 Å². The number of methoxy groups -OCH3 is 1. The van der Waals surface area contributed by atoms with Gasteiger partial charge in [-0.15, -0.1) is 11.3 Å². The molecule has 4 aromatic rings. The first kappa shape index (κ1) is 49.3. The van der Waals surface area contributed by atoms with Crippen molar-refractivity contribution in [2.75, 3.05) is 44.7 Å². The lowest BCUT2D eigenvalue weighted by molar-refractivity contribution is -0.128. The van der Waals surface area contributed by atoms with E-state index in [1.807, 2.05) is 46.4 Å². The lowest BCUT2D eigenvalue weighted by atomic mass is 9.95. The van der Waals surface area contributed by atoms with Crippen molar-refractivity contribution in [3.05, 3.63) is 69.3 Å². The van der Waals surface area contributed by atoms with Crippen LogP contribution in [0.5, 0.6) is 6.01 Å². The summed E-state index contributed by atoms with van der Waals surface area (Å²) >= 11 is 8.02. The van der Waals surface area contributed by atoms with Crippen LogP contribution in [0.4, 0.5) is 19.0 Å². The van der Waals surface area contributed by atoms with Gasteiger partial charge < -0.3 is 24.3 Å². The van der Waals surface area contributed by atoms with Crippen molar-refractivity contribution in [3.8, 4) is 23.2 Å². The third-order valence-corrected chi connectivity index (χ3v) is 13.4. The van der Waals surface area contributed by atoms with Gasteiger partial charge in [0.15, 0.2) is 11.6 Å². The van der Waals surface area contributed by atoms with Crippen molar-refractivity contribution in [3.63, 3.8) is 0 Å². The number of halogens is 4. The Morgan fingerprint density at radius 1 is 1.14 bits per heavy atom. The molecule has 5 heterocycles. The van der Waals surface area contributed by atoms with Gasteiger partial charge in [0.2, 0.25) is 5.91 Å². The zero-order chi connectivity index (χ0) is 46.3. The molecule has 1 amide bonds. The number of fused-ring (bicyclic) bond motifs is 3. The van der Waals surface area contributed by atoms with Gasteiger partial charge in [-0.3, -0.25) is 4.79 Å². The Labute approximate surface area is 379 Å². The second kappa shape index (κ2) is 21.3. The van der Waals surface area contributed by atoms with Crippen molar-refractivity contribution < 1.29 is 27.5 Å². The largest absolute Gasteiger partial charge is 0.467 e. The van der Waals surface area contributed by atoms with Gasteiger partial charge in [-0.25, -0.2) is 13.2 Å². The molecule has 63 heavy (non-hydrogen) atoms. The van der Waals surface area contributed by atoms with Gasteiger partial charge in [0, 0.05) is 65.6 Å². The monoisotopic (exact) mass is 907 g/mol. The summed E-state index contributed by atoms with van der Waals surface area (Å²) in [6.07, 6.45) is 9.65. The fourth-order valence-electron chi connectivity index (χ4n) is 8.29. The summed E-state index contributed by atoms with van der Waals surface area (Å²) in [4.78, 5) is 34.6. The van der Waals surface area contributed by atoms with E-state index in [9.17, 15) is 14.4 Å². The molecule has 3 aliphatic rings. The van der Waals surface area contributed by atoms with Crippen LogP contribution in [0.1, 0.15) is 111 Å². The van der Waals surface area contributed by atoms with E-state index in [4.69, 9.17) is 21.2 Å². The molecule has 0 N–H and O–H groups in total. The molecule has 3 aliphatic heterocycles. The molecule has 7 rings (SSSR count). The van der Waals surface area contributed by atoms with Crippen LogP contribution in [-0.2, 0) is 9.63 Å². The van der Waals surface area contributed by atoms with Crippen LogP contribution in [-0.4, -0.2) is 89.0 Å². The third-order valence-electron chi connectivity index (χ3n) is 11.6. The smallest absolute Gasteiger partial charge is 0.318 e. The molecule has 2 aromatic carbocycles. The topological polar surface area (TPSA) is 107 Å². The minimum Gasteiger partial charge on any atom is -0.467 e. The van der Waals surface area contributed by atoms with Gasteiger partial charge in [0.1, 0.15) is 28.9 Å². The summed E-state index contributed by atoms with van der Waals surface area (Å²) in [6, 6.07) is 7.07. The molecule has 0 saturated carbocycles. The van der Waals surface area contributed by atoms with E-state index in [2.05, 4.69) is 33.0 Å². The number of oxime groups is 1. The predicted molar refractivity (Wildman–Crippen MR) is 251 cm³/mol. The number of thiophene rings is 1. The number of piperazine rings is 1. The maximum Gasteiger partial charge on any atom is 0.318 e. The average molecular weight is 909 g/mol. The molecule has 0 spiro atoms. The van der Waals surface area contributed by atoms with Gasteiger partial charge in [0.25, 0.3) is 0 Å². The number of rotatable bonds is 10. The van der Waals surface area contributed by atoms with E-state index in [0.717, 1.165) is 12.0 Å². The number of amides is 1. The fraction of sp³-hybridized carbons (Fsp3) is 0.521. The summed E-state index contributed by atoms with van der Waals surface area (Å²) in [7, 11) is 1.38. The van der Waals surface area contributed by atoms with Gasteiger partial charge in [-0.2, -0.15) is 15.2 Å². The summed E-state index contributed by atoms with van der Waals surface area (Å²) < 4.78 is 51.7. The van der Waals surface area contributed by atoms with Gasteiger partial charge >= 0.3 is 6.01 Å². The second-order valence-electron chi connectivity index (χ2n) is 16.9. The number of ether oxygens (including phenoxy) is 1. The summed E-state index contributed by atoms with van der Waals surface area (Å²) in [5, 5.41) is 14.6. The molecule has 340 valence electrons. The van der Waals surface area contributed by atoms with Crippen molar-refractivity contribution in [2.45, 2.75) is 119 Å². The molecule has 3 fully saturated rings. The van der Waals surface area contributed by atoms with Crippen molar-refractivity contribution >= 4 is 61.4 Å². The van der Waals surface area contributed by atoms with Crippen LogP contribution >= 0.6 is 22.9 Å².